The van der Waals surface area contributed by atoms with Gasteiger partial charge in [-0.25, -0.2) is 0 Å². The maximum atomic E-state index is 5.62. The number of ether oxygens (including phenoxy) is 1. The molecule has 0 saturated carbocycles. The van der Waals surface area contributed by atoms with Crippen LogP contribution in [-0.2, 0) is 9.16 Å². The van der Waals surface area contributed by atoms with Crippen molar-refractivity contribution in [2.45, 2.75) is 26.6 Å². The summed E-state index contributed by atoms with van der Waals surface area (Å²) in [5.41, 5.74) is 0. The topological polar surface area (TPSA) is 18.5 Å². The van der Waals surface area contributed by atoms with Crippen molar-refractivity contribution in [1.82, 2.24) is 0 Å². The Morgan fingerprint density at radius 2 is 1.91 bits per heavy atom. The predicted molar refractivity (Wildman–Crippen MR) is 50.1 cm³/mol. The van der Waals surface area contributed by atoms with Crippen molar-refractivity contribution < 1.29 is 9.16 Å². The van der Waals surface area contributed by atoms with Gasteiger partial charge >= 0.3 is 0 Å². The standard InChI is InChI=1S/C8H18O2Si/c1-6-8(9-2)7-10-11(3,4)5/h6H,7H2,1-5H3/b8-6+. The van der Waals surface area contributed by atoms with Crippen molar-refractivity contribution in [2.75, 3.05) is 13.7 Å². The monoisotopic (exact) mass is 174 g/mol. The zero-order chi connectivity index (χ0) is 8.91. The largest absolute Gasteiger partial charge is 0.499 e. The molecule has 0 fully saturated rings. The van der Waals surface area contributed by atoms with Crippen LogP contribution in [0.4, 0.5) is 0 Å². The zero-order valence-corrected chi connectivity index (χ0v) is 9.10. The number of rotatable bonds is 4. The van der Waals surface area contributed by atoms with E-state index in [1.165, 1.54) is 0 Å². The van der Waals surface area contributed by atoms with Crippen LogP contribution in [0.3, 0.4) is 0 Å². The minimum Gasteiger partial charge on any atom is -0.499 e. The van der Waals surface area contributed by atoms with Crippen LogP contribution < -0.4 is 0 Å². The first-order valence-corrected chi connectivity index (χ1v) is 7.23. The molecule has 0 aliphatic heterocycles. The van der Waals surface area contributed by atoms with E-state index in [1.54, 1.807) is 7.11 Å². The molecule has 0 saturated heterocycles. The molecule has 0 rings (SSSR count). The van der Waals surface area contributed by atoms with Crippen LogP contribution in [0.25, 0.3) is 0 Å². The lowest BCUT2D eigenvalue weighted by Gasteiger charge is -2.17. The molecule has 0 bridgehead atoms. The summed E-state index contributed by atoms with van der Waals surface area (Å²) in [6, 6.07) is 0. The Bertz CT molecular complexity index is 136. The van der Waals surface area contributed by atoms with Crippen LogP contribution in [0.2, 0.25) is 19.6 Å². The van der Waals surface area contributed by atoms with E-state index in [1.807, 2.05) is 13.0 Å². The quantitative estimate of drug-likeness (QED) is 0.481. The maximum Gasteiger partial charge on any atom is 0.184 e. The molecule has 0 heterocycles. The molecule has 0 N–H and O–H groups in total. The van der Waals surface area contributed by atoms with E-state index in [0.717, 1.165) is 5.76 Å². The smallest absolute Gasteiger partial charge is 0.184 e. The molecule has 0 atom stereocenters. The summed E-state index contributed by atoms with van der Waals surface area (Å²) in [5, 5.41) is 0. The first kappa shape index (κ1) is 10.7. The van der Waals surface area contributed by atoms with Gasteiger partial charge in [0.05, 0.1) is 13.7 Å². The molecule has 11 heavy (non-hydrogen) atoms. The van der Waals surface area contributed by atoms with E-state index in [4.69, 9.17) is 9.16 Å². The van der Waals surface area contributed by atoms with E-state index in [2.05, 4.69) is 19.6 Å². The molecule has 66 valence electrons. The Morgan fingerprint density at radius 3 is 2.18 bits per heavy atom. The van der Waals surface area contributed by atoms with Gasteiger partial charge in [-0.05, 0) is 32.6 Å². The lowest BCUT2D eigenvalue weighted by Crippen LogP contribution is -2.26. The molecule has 0 aliphatic carbocycles. The maximum absolute atomic E-state index is 5.62. The van der Waals surface area contributed by atoms with Crippen molar-refractivity contribution in [3.8, 4) is 0 Å². The second kappa shape index (κ2) is 4.57. The molecule has 0 spiro atoms. The third kappa shape index (κ3) is 6.13. The number of methoxy groups -OCH3 is 1. The highest BCUT2D eigenvalue weighted by atomic mass is 28.4. The summed E-state index contributed by atoms with van der Waals surface area (Å²) < 4.78 is 10.7. The summed E-state index contributed by atoms with van der Waals surface area (Å²) in [4.78, 5) is 0. The molecule has 0 aliphatic rings. The second-order valence-electron chi connectivity index (χ2n) is 3.36. The average Bonchev–Trinajstić information content (AvgIpc) is 1.88. The lowest BCUT2D eigenvalue weighted by molar-refractivity contribution is 0.215. The SMILES string of the molecule is C/C=C(\CO[Si](C)(C)C)OC. The Morgan fingerprint density at radius 1 is 1.36 bits per heavy atom. The van der Waals surface area contributed by atoms with E-state index in [0.29, 0.717) is 6.61 Å². The number of hydrogen-bond donors (Lipinski definition) is 0. The van der Waals surface area contributed by atoms with Gasteiger partial charge in [0.1, 0.15) is 5.76 Å². The highest BCUT2D eigenvalue weighted by Gasteiger charge is 2.14. The molecule has 0 radical (unpaired) electrons. The second-order valence-corrected chi connectivity index (χ2v) is 7.87. The molecule has 3 heteroatoms. The fourth-order valence-electron chi connectivity index (χ4n) is 0.548. The van der Waals surface area contributed by atoms with Crippen LogP contribution >= 0.6 is 0 Å². The molecule has 2 nitrogen and oxygen atoms in total. The van der Waals surface area contributed by atoms with Crippen molar-refractivity contribution >= 4 is 8.32 Å². The van der Waals surface area contributed by atoms with E-state index < -0.39 is 8.32 Å². The molecule has 0 aromatic rings. The van der Waals surface area contributed by atoms with Crippen LogP contribution in [0, 0.1) is 0 Å². The van der Waals surface area contributed by atoms with Gasteiger partial charge in [-0.15, -0.1) is 0 Å². The predicted octanol–water partition coefficient (Wildman–Crippen LogP) is 2.39. The van der Waals surface area contributed by atoms with Crippen LogP contribution in [0.1, 0.15) is 6.92 Å². The third-order valence-electron chi connectivity index (χ3n) is 1.23. The molecule has 0 aromatic carbocycles. The van der Waals surface area contributed by atoms with Crippen LogP contribution in [0.15, 0.2) is 11.8 Å². The zero-order valence-electron chi connectivity index (χ0n) is 8.10. The highest BCUT2D eigenvalue weighted by molar-refractivity contribution is 6.69. The highest BCUT2D eigenvalue weighted by Crippen LogP contribution is 2.05. The van der Waals surface area contributed by atoms with Crippen molar-refractivity contribution in [3.05, 3.63) is 11.8 Å². The summed E-state index contributed by atoms with van der Waals surface area (Å²) in [6.07, 6.45) is 1.93. The fraction of sp³-hybridized carbons (Fsp3) is 0.750. The van der Waals surface area contributed by atoms with Crippen LogP contribution in [0.5, 0.6) is 0 Å². The number of allylic oxidation sites excluding steroid dienone is 1. The Balaban J connectivity index is 3.70. The lowest BCUT2D eigenvalue weighted by atomic mass is 10.5. The summed E-state index contributed by atoms with van der Waals surface area (Å²) >= 11 is 0. The first-order chi connectivity index (χ1) is 4.99. The first-order valence-electron chi connectivity index (χ1n) is 3.82. The summed E-state index contributed by atoms with van der Waals surface area (Å²) in [6.45, 7) is 9.05. The van der Waals surface area contributed by atoms with Gasteiger partial charge in [0, 0.05) is 0 Å². The van der Waals surface area contributed by atoms with Gasteiger partial charge in [-0.2, -0.15) is 0 Å². The molecular formula is C8H18O2Si. The molecule has 0 unspecified atom stereocenters. The van der Waals surface area contributed by atoms with Gasteiger partial charge in [0.15, 0.2) is 8.32 Å². The minimum atomic E-state index is -1.37. The Hall–Kier alpha value is -0.283. The number of hydrogen-bond acceptors (Lipinski definition) is 2. The van der Waals surface area contributed by atoms with Crippen molar-refractivity contribution in [2.24, 2.45) is 0 Å². The van der Waals surface area contributed by atoms with Gasteiger partial charge < -0.3 is 9.16 Å². The van der Waals surface area contributed by atoms with Gasteiger partial charge in [-0.1, -0.05) is 0 Å². The van der Waals surface area contributed by atoms with Gasteiger partial charge in [-0.3, -0.25) is 0 Å². The van der Waals surface area contributed by atoms with Crippen molar-refractivity contribution in [1.29, 1.82) is 0 Å². The van der Waals surface area contributed by atoms with E-state index in [9.17, 15) is 0 Å². The molecule has 0 amide bonds. The fourth-order valence-corrected chi connectivity index (χ4v) is 1.12. The normalized spacial score (nSPS) is 13.4. The van der Waals surface area contributed by atoms with Gasteiger partial charge in [0.2, 0.25) is 0 Å². The Kier molecular flexibility index (Phi) is 4.45. The van der Waals surface area contributed by atoms with E-state index in [-0.39, 0.29) is 0 Å². The van der Waals surface area contributed by atoms with Crippen LogP contribution in [-0.4, -0.2) is 22.0 Å². The van der Waals surface area contributed by atoms with Crippen molar-refractivity contribution in [3.63, 3.8) is 0 Å². The summed E-state index contributed by atoms with van der Waals surface area (Å²) in [5.74, 6) is 0.910. The minimum absolute atomic E-state index is 0.614. The Labute approximate surface area is 70.3 Å². The molecule has 0 aromatic heterocycles. The average molecular weight is 174 g/mol. The van der Waals surface area contributed by atoms with E-state index >= 15 is 0 Å². The summed E-state index contributed by atoms with van der Waals surface area (Å²) in [7, 11) is 0.296. The third-order valence-corrected chi connectivity index (χ3v) is 2.24. The van der Waals surface area contributed by atoms with Gasteiger partial charge in [0.25, 0.3) is 0 Å². The molecular weight excluding hydrogens is 156 g/mol.